The van der Waals surface area contributed by atoms with Gasteiger partial charge in [-0.1, -0.05) is 62.7 Å². The van der Waals surface area contributed by atoms with E-state index in [1.807, 2.05) is 74.4 Å². The van der Waals surface area contributed by atoms with Crippen molar-refractivity contribution in [3.05, 3.63) is 96.5 Å². The minimum absolute atomic E-state index is 0.198. The van der Waals surface area contributed by atoms with Crippen LogP contribution in [0.4, 0.5) is 11.4 Å². The summed E-state index contributed by atoms with van der Waals surface area (Å²) in [5.74, 6) is -0.825. The normalized spacial score (nSPS) is 14.4. The Labute approximate surface area is 259 Å². The van der Waals surface area contributed by atoms with Crippen molar-refractivity contribution in [2.75, 3.05) is 29.9 Å². The van der Waals surface area contributed by atoms with Crippen LogP contribution in [0.3, 0.4) is 0 Å². The molecule has 1 aliphatic heterocycles. The molecule has 0 bridgehead atoms. The molecule has 1 aromatic heterocycles. The maximum atomic E-state index is 13.3. The van der Waals surface area contributed by atoms with Gasteiger partial charge in [0.15, 0.2) is 0 Å². The number of hydrogen-bond donors (Lipinski definition) is 2. The van der Waals surface area contributed by atoms with Gasteiger partial charge in [-0.3, -0.25) is 19.6 Å². The van der Waals surface area contributed by atoms with E-state index in [9.17, 15) is 14.7 Å². The van der Waals surface area contributed by atoms with E-state index in [4.69, 9.17) is 4.79 Å². The molecule has 9 heteroatoms. The molecule has 0 fully saturated rings. The lowest BCUT2D eigenvalue weighted by molar-refractivity contribution is -0.138. The topological polar surface area (TPSA) is 110 Å². The lowest BCUT2D eigenvalue weighted by Crippen LogP contribution is -2.40. The van der Waals surface area contributed by atoms with Crippen LogP contribution in [-0.4, -0.2) is 58.9 Å². The molecule has 9 nitrogen and oxygen atoms in total. The first-order valence-electron chi connectivity index (χ1n) is 15.0. The molecule has 0 saturated carbocycles. The van der Waals surface area contributed by atoms with E-state index >= 15 is 0 Å². The van der Waals surface area contributed by atoms with E-state index in [0.717, 1.165) is 53.7 Å². The average molecular weight is 598 g/mol. The van der Waals surface area contributed by atoms with Crippen molar-refractivity contribution in [1.29, 1.82) is 0 Å². The number of amides is 2. The van der Waals surface area contributed by atoms with Gasteiger partial charge in [0.05, 0.1) is 5.52 Å². The number of H-pyrrole nitrogens is 1. The minimum atomic E-state index is -0.816. The number of nitrogens with zero attached hydrogens (tertiary/aromatic N) is 4. The highest BCUT2D eigenvalue weighted by Gasteiger charge is 2.36. The first kappa shape index (κ1) is 33.6. The predicted molar refractivity (Wildman–Crippen MR) is 177 cm³/mol. The van der Waals surface area contributed by atoms with E-state index in [1.165, 1.54) is 5.69 Å². The summed E-state index contributed by atoms with van der Waals surface area (Å²) in [5.41, 5.74) is 4.60. The van der Waals surface area contributed by atoms with Crippen LogP contribution in [0.15, 0.2) is 85.2 Å². The second-order valence-corrected chi connectivity index (χ2v) is 10.4. The van der Waals surface area contributed by atoms with Crippen molar-refractivity contribution in [2.24, 2.45) is 5.92 Å². The maximum absolute atomic E-state index is 13.3. The van der Waals surface area contributed by atoms with Gasteiger partial charge in [-0.2, -0.15) is 5.10 Å². The number of nitrogens with one attached hydrogen (secondary N) is 1. The molecule has 44 heavy (non-hydrogen) atoms. The standard InChI is InChI=1S/C21H20N4O2.C13H21NO.CH2O/c1-2-24-12-13-25(15-8-4-3-5-9-15)21(27)17(20(24)26)14-19-16-10-6-7-11-18(16)22-23-19;1-4-7-11-12(14(3)10-5-2)8-6-9-13(11)15;1-2/h3-13,17H,2,14H2,1H3,(H,22,23);6,8-9,15H,4-5,7,10H2,1-3H3;1H2. The Balaban J connectivity index is 0.000000265. The fourth-order valence-corrected chi connectivity index (χ4v) is 5.26. The molecule has 5 rings (SSSR count). The van der Waals surface area contributed by atoms with E-state index in [0.29, 0.717) is 12.3 Å². The number of aromatic hydroxyl groups is 1. The van der Waals surface area contributed by atoms with E-state index in [-0.39, 0.29) is 18.2 Å². The van der Waals surface area contributed by atoms with Crippen LogP contribution in [0.1, 0.15) is 44.9 Å². The summed E-state index contributed by atoms with van der Waals surface area (Å²) in [6.45, 7) is 9.73. The Kier molecular flexibility index (Phi) is 12.7. The molecule has 1 unspecified atom stereocenters. The van der Waals surface area contributed by atoms with Gasteiger partial charge in [-0.15, -0.1) is 0 Å². The Morgan fingerprint density at radius 1 is 0.886 bits per heavy atom. The zero-order valence-electron chi connectivity index (χ0n) is 26.1. The van der Waals surface area contributed by atoms with Crippen molar-refractivity contribution in [3.63, 3.8) is 0 Å². The predicted octanol–water partition coefficient (Wildman–Crippen LogP) is 6.09. The fourth-order valence-electron chi connectivity index (χ4n) is 5.26. The highest BCUT2D eigenvalue weighted by Crippen LogP contribution is 2.29. The van der Waals surface area contributed by atoms with Crippen LogP contribution in [0.5, 0.6) is 5.75 Å². The molecule has 0 aliphatic carbocycles. The number of phenolic OH excluding ortho intramolecular Hbond substituents is 1. The first-order valence-corrected chi connectivity index (χ1v) is 15.0. The number of aromatic nitrogens is 2. The average Bonchev–Trinajstić information content (AvgIpc) is 3.42. The van der Waals surface area contributed by atoms with Crippen molar-refractivity contribution in [1.82, 2.24) is 15.1 Å². The van der Waals surface area contributed by atoms with Crippen molar-refractivity contribution < 1.29 is 19.5 Å². The number of carbonyl (C=O) groups is 3. The maximum Gasteiger partial charge on any atom is 0.244 e. The molecule has 0 radical (unpaired) electrons. The van der Waals surface area contributed by atoms with E-state index in [2.05, 4.69) is 42.1 Å². The van der Waals surface area contributed by atoms with Crippen molar-refractivity contribution in [2.45, 2.75) is 46.5 Å². The van der Waals surface area contributed by atoms with Crippen molar-refractivity contribution in [3.8, 4) is 5.75 Å². The lowest BCUT2D eigenvalue weighted by Gasteiger charge is -2.22. The van der Waals surface area contributed by atoms with Gasteiger partial charge in [0, 0.05) is 67.0 Å². The fraction of sp³-hybridized carbons (Fsp3) is 0.314. The monoisotopic (exact) mass is 597 g/mol. The molecule has 1 atom stereocenters. The molecule has 2 amide bonds. The summed E-state index contributed by atoms with van der Waals surface area (Å²) in [6, 6.07) is 22.8. The Morgan fingerprint density at radius 3 is 2.27 bits per heavy atom. The van der Waals surface area contributed by atoms with Gasteiger partial charge < -0.3 is 19.7 Å². The zero-order valence-corrected chi connectivity index (χ0v) is 26.1. The Morgan fingerprint density at radius 2 is 1.59 bits per heavy atom. The number of carbonyl (C=O) groups excluding carboxylic acids is 3. The first-order chi connectivity index (χ1) is 21.4. The molecule has 0 spiro atoms. The molecule has 3 aromatic carbocycles. The van der Waals surface area contributed by atoms with Crippen LogP contribution >= 0.6 is 0 Å². The summed E-state index contributed by atoms with van der Waals surface area (Å²) >= 11 is 0. The zero-order chi connectivity index (χ0) is 32.1. The summed E-state index contributed by atoms with van der Waals surface area (Å²) in [4.78, 5) is 39.6. The van der Waals surface area contributed by atoms with Gasteiger partial charge in [0.1, 0.15) is 18.5 Å². The molecule has 1 aliphatic rings. The van der Waals surface area contributed by atoms with Crippen molar-refractivity contribution >= 4 is 40.9 Å². The third kappa shape index (κ3) is 7.92. The smallest absolute Gasteiger partial charge is 0.244 e. The number of anilines is 2. The highest BCUT2D eigenvalue weighted by atomic mass is 16.3. The van der Waals surface area contributed by atoms with Crippen LogP contribution in [-0.2, 0) is 27.2 Å². The quantitative estimate of drug-likeness (QED) is 0.226. The number of hydrogen-bond acceptors (Lipinski definition) is 6. The minimum Gasteiger partial charge on any atom is -0.508 e. The lowest BCUT2D eigenvalue weighted by atomic mass is 9.98. The summed E-state index contributed by atoms with van der Waals surface area (Å²) in [5, 5.41) is 18.0. The highest BCUT2D eigenvalue weighted by molar-refractivity contribution is 6.10. The number of phenols is 1. The van der Waals surface area contributed by atoms with Crippen LogP contribution < -0.4 is 9.80 Å². The van der Waals surface area contributed by atoms with Crippen LogP contribution in [0, 0.1) is 5.92 Å². The Hall–Kier alpha value is -4.92. The molecular weight excluding hydrogens is 554 g/mol. The Bertz CT molecular complexity index is 1530. The molecular formula is C35H43N5O4. The van der Waals surface area contributed by atoms with Gasteiger partial charge in [0.25, 0.3) is 0 Å². The summed E-state index contributed by atoms with van der Waals surface area (Å²) in [6.07, 6.45) is 6.75. The van der Waals surface area contributed by atoms with Gasteiger partial charge in [-0.05, 0) is 50.1 Å². The molecule has 2 heterocycles. The SMILES string of the molecule is C=O.CCCc1c(O)cccc1N(C)CCC.CCN1C=CN(c2ccccc2)C(=O)C(Cc2[nH]nc3ccccc23)C1=O. The second kappa shape index (κ2) is 16.6. The summed E-state index contributed by atoms with van der Waals surface area (Å²) < 4.78 is 0. The van der Waals surface area contributed by atoms with Crippen LogP contribution in [0.25, 0.3) is 10.9 Å². The molecule has 4 aromatic rings. The summed E-state index contributed by atoms with van der Waals surface area (Å²) in [7, 11) is 2.08. The molecule has 0 saturated heterocycles. The van der Waals surface area contributed by atoms with Gasteiger partial charge >= 0.3 is 0 Å². The van der Waals surface area contributed by atoms with Gasteiger partial charge in [0.2, 0.25) is 11.8 Å². The third-order valence-corrected chi connectivity index (χ3v) is 7.43. The number of para-hydroxylation sites is 2. The number of aromatic amines is 1. The van der Waals surface area contributed by atoms with Gasteiger partial charge in [-0.25, -0.2) is 0 Å². The largest absolute Gasteiger partial charge is 0.508 e. The molecule has 232 valence electrons. The second-order valence-electron chi connectivity index (χ2n) is 10.4. The van der Waals surface area contributed by atoms with E-state index in [1.54, 1.807) is 28.3 Å². The number of benzene rings is 3. The third-order valence-electron chi connectivity index (χ3n) is 7.43. The molecule has 2 N–H and O–H groups in total. The number of rotatable bonds is 9. The number of fused-ring (bicyclic) bond motifs is 1. The van der Waals surface area contributed by atoms with E-state index < -0.39 is 5.92 Å². The van der Waals surface area contributed by atoms with Crippen LogP contribution in [0.2, 0.25) is 0 Å².